The molecule has 0 saturated heterocycles. The molecule has 0 aliphatic carbocycles. The molecule has 0 heterocycles. The van der Waals surface area contributed by atoms with Gasteiger partial charge < -0.3 is 19.9 Å². The van der Waals surface area contributed by atoms with Crippen molar-refractivity contribution in [3.05, 3.63) is 0 Å². The molecule has 10 heteroatoms. The molecule has 0 aromatic carbocycles. The van der Waals surface area contributed by atoms with Crippen molar-refractivity contribution < 1.29 is 24.2 Å². The van der Waals surface area contributed by atoms with Gasteiger partial charge in [-0.2, -0.15) is 5.26 Å². The summed E-state index contributed by atoms with van der Waals surface area (Å²) in [5.41, 5.74) is 0. The van der Waals surface area contributed by atoms with Crippen LogP contribution in [0.25, 0.3) is 0 Å². The second-order valence-corrected chi connectivity index (χ2v) is 9.32. The van der Waals surface area contributed by atoms with Gasteiger partial charge in [0.2, 0.25) is 5.91 Å². The van der Waals surface area contributed by atoms with Gasteiger partial charge in [-0.3, -0.25) is 9.59 Å². The molecule has 7 nitrogen and oxygen atoms in total. The molecular formula is C16H26N2O5S3. The topological polar surface area (TPSA) is 109 Å². The number of carbonyl (C=O) groups is 2. The van der Waals surface area contributed by atoms with E-state index in [4.69, 9.17) is 26.8 Å². The molecule has 1 atom stereocenters. The number of carbonyl (C=O) groups excluding carboxylic acids is 1. The Kier molecular flexibility index (Phi) is 14.7. The zero-order valence-corrected chi connectivity index (χ0v) is 17.6. The Hall–Kier alpha value is -0.860. The highest BCUT2D eigenvalue weighted by Crippen LogP contribution is 2.34. The lowest BCUT2D eigenvalue weighted by molar-refractivity contribution is -0.138. The number of nitrogens with one attached hydrogen (secondary N) is 1. The maximum Gasteiger partial charge on any atom is 0.305 e. The van der Waals surface area contributed by atoms with E-state index in [0.29, 0.717) is 32.8 Å². The second kappa shape index (κ2) is 15.2. The van der Waals surface area contributed by atoms with Gasteiger partial charge in [0.25, 0.3) is 0 Å². The predicted molar refractivity (Wildman–Crippen MR) is 108 cm³/mol. The van der Waals surface area contributed by atoms with Crippen LogP contribution in [-0.2, 0) is 19.1 Å². The fourth-order valence-electron chi connectivity index (χ4n) is 1.65. The number of aliphatic carboxylic acids is 1. The van der Waals surface area contributed by atoms with Gasteiger partial charge in [-0.25, -0.2) is 0 Å². The van der Waals surface area contributed by atoms with Crippen LogP contribution in [0.15, 0.2) is 0 Å². The molecule has 1 amide bonds. The minimum atomic E-state index is -0.898. The molecule has 0 aliphatic heterocycles. The molecule has 26 heavy (non-hydrogen) atoms. The largest absolute Gasteiger partial charge is 0.481 e. The SMILES string of the molecule is CCSC(=S)SC(C)(C#N)CCC(=O)NCCOCCOCCC(=O)O. The minimum absolute atomic E-state index is 0.0299. The van der Waals surface area contributed by atoms with Crippen LogP contribution >= 0.6 is 35.7 Å². The van der Waals surface area contributed by atoms with Crippen molar-refractivity contribution in [3.8, 4) is 6.07 Å². The predicted octanol–water partition coefficient (Wildman–Crippen LogP) is 2.44. The zero-order chi connectivity index (χ0) is 19.8. The highest BCUT2D eigenvalue weighted by atomic mass is 32.2. The van der Waals surface area contributed by atoms with Gasteiger partial charge >= 0.3 is 5.97 Å². The van der Waals surface area contributed by atoms with E-state index < -0.39 is 10.7 Å². The molecule has 0 aliphatic rings. The molecule has 0 bridgehead atoms. The summed E-state index contributed by atoms with van der Waals surface area (Å²) in [6, 6.07) is 2.24. The smallest absolute Gasteiger partial charge is 0.305 e. The number of hydrogen-bond donors (Lipinski definition) is 2. The summed E-state index contributed by atoms with van der Waals surface area (Å²) in [4.78, 5) is 22.1. The number of nitrogens with zero attached hydrogens (tertiary/aromatic N) is 1. The standard InChI is InChI=1S/C16H26N2O5S3/c1-3-25-15(24)26-16(2,12-17)6-4-13(19)18-7-9-23-11-10-22-8-5-14(20)21/h3-11H2,1-2H3,(H,18,19)(H,20,21). The number of carboxylic acids is 1. The molecule has 0 fully saturated rings. The lowest BCUT2D eigenvalue weighted by Gasteiger charge is -2.20. The summed E-state index contributed by atoms with van der Waals surface area (Å²) < 4.78 is 10.4. The molecule has 0 saturated carbocycles. The Morgan fingerprint density at radius 2 is 1.88 bits per heavy atom. The molecule has 0 radical (unpaired) electrons. The van der Waals surface area contributed by atoms with E-state index in [1.54, 1.807) is 6.92 Å². The summed E-state index contributed by atoms with van der Waals surface area (Å²) in [5, 5.41) is 20.5. The first-order valence-corrected chi connectivity index (χ1v) is 10.4. The summed E-state index contributed by atoms with van der Waals surface area (Å²) >= 11 is 8.07. The van der Waals surface area contributed by atoms with Crippen molar-refractivity contribution in [2.45, 2.75) is 37.9 Å². The van der Waals surface area contributed by atoms with Gasteiger partial charge in [-0.15, -0.1) is 11.8 Å². The normalized spacial score (nSPS) is 12.8. The Morgan fingerprint density at radius 1 is 1.23 bits per heavy atom. The lowest BCUT2D eigenvalue weighted by atomic mass is 10.1. The first kappa shape index (κ1) is 25.1. The number of ether oxygens (including phenoxy) is 2. The number of thioether (sulfide) groups is 2. The molecule has 1 unspecified atom stereocenters. The van der Waals surface area contributed by atoms with Gasteiger partial charge in [-0.1, -0.05) is 30.9 Å². The third-order valence-electron chi connectivity index (χ3n) is 3.04. The van der Waals surface area contributed by atoms with Crippen LogP contribution in [0.2, 0.25) is 0 Å². The van der Waals surface area contributed by atoms with E-state index in [1.165, 1.54) is 23.5 Å². The van der Waals surface area contributed by atoms with Crippen molar-refractivity contribution in [2.24, 2.45) is 0 Å². The highest BCUT2D eigenvalue weighted by molar-refractivity contribution is 8.47. The quantitative estimate of drug-likeness (QED) is 0.322. The lowest BCUT2D eigenvalue weighted by Crippen LogP contribution is -2.30. The first-order valence-electron chi connectivity index (χ1n) is 8.24. The molecule has 0 rings (SSSR count). The van der Waals surface area contributed by atoms with E-state index in [-0.39, 0.29) is 25.4 Å². The maximum absolute atomic E-state index is 11.9. The van der Waals surface area contributed by atoms with Crippen molar-refractivity contribution in [2.75, 3.05) is 38.7 Å². The third-order valence-corrected chi connectivity index (χ3v) is 5.68. The third kappa shape index (κ3) is 14.3. The monoisotopic (exact) mass is 422 g/mol. The maximum atomic E-state index is 11.9. The van der Waals surface area contributed by atoms with Crippen molar-refractivity contribution in [1.29, 1.82) is 5.26 Å². The summed E-state index contributed by atoms with van der Waals surface area (Å²) in [7, 11) is 0. The van der Waals surface area contributed by atoms with Crippen molar-refractivity contribution >= 4 is 51.1 Å². The number of nitriles is 1. The van der Waals surface area contributed by atoms with E-state index in [2.05, 4.69) is 11.4 Å². The number of rotatable bonds is 14. The van der Waals surface area contributed by atoms with Crippen LogP contribution in [-0.4, -0.2) is 64.0 Å². The van der Waals surface area contributed by atoms with Gasteiger partial charge in [0, 0.05) is 13.0 Å². The van der Waals surface area contributed by atoms with Crippen LogP contribution in [0.1, 0.15) is 33.1 Å². The van der Waals surface area contributed by atoms with E-state index in [9.17, 15) is 14.9 Å². The Morgan fingerprint density at radius 3 is 2.46 bits per heavy atom. The Bertz CT molecular complexity index is 499. The van der Waals surface area contributed by atoms with E-state index >= 15 is 0 Å². The van der Waals surface area contributed by atoms with Gasteiger partial charge in [0.1, 0.15) is 8.28 Å². The second-order valence-electron chi connectivity index (χ2n) is 5.35. The van der Waals surface area contributed by atoms with Crippen LogP contribution < -0.4 is 5.32 Å². The fourth-order valence-corrected chi connectivity index (χ4v) is 4.55. The molecular weight excluding hydrogens is 396 g/mol. The first-order chi connectivity index (χ1) is 12.3. The molecule has 0 spiro atoms. The van der Waals surface area contributed by atoms with Crippen LogP contribution in [0.4, 0.5) is 0 Å². The van der Waals surface area contributed by atoms with Crippen molar-refractivity contribution in [1.82, 2.24) is 5.32 Å². The minimum Gasteiger partial charge on any atom is -0.481 e. The zero-order valence-electron chi connectivity index (χ0n) is 15.1. The summed E-state index contributed by atoms with van der Waals surface area (Å²) in [6.07, 6.45) is 0.634. The van der Waals surface area contributed by atoms with Crippen LogP contribution in [0.3, 0.4) is 0 Å². The van der Waals surface area contributed by atoms with E-state index in [1.807, 2.05) is 6.92 Å². The number of carboxylic acid groups (broad SMARTS) is 1. The highest BCUT2D eigenvalue weighted by Gasteiger charge is 2.27. The van der Waals surface area contributed by atoms with Gasteiger partial charge in [0.05, 0.1) is 38.9 Å². The van der Waals surface area contributed by atoms with Gasteiger partial charge in [-0.05, 0) is 19.1 Å². The van der Waals surface area contributed by atoms with Gasteiger partial charge in [0.15, 0.2) is 0 Å². The fraction of sp³-hybridized carbons (Fsp3) is 0.750. The molecule has 0 aromatic rings. The summed E-state index contributed by atoms with van der Waals surface area (Å²) in [6.45, 7) is 5.31. The molecule has 148 valence electrons. The number of hydrogen-bond acceptors (Lipinski definition) is 8. The van der Waals surface area contributed by atoms with E-state index in [0.717, 1.165) is 9.28 Å². The Balaban J connectivity index is 3.77. The number of thiocarbonyl (C=S) groups is 1. The number of amides is 1. The summed E-state index contributed by atoms with van der Waals surface area (Å²) in [5.74, 6) is -0.175. The Labute approximate surface area is 168 Å². The van der Waals surface area contributed by atoms with Crippen molar-refractivity contribution in [3.63, 3.8) is 0 Å². The average Bonchev–Trinajstić information content (AvgIpc) is 2.58. The van der Waals surface area contributed by atoms with Crippen LogP contribution in [0.5, 0.6) is 0 Å². The van der Waals surface area contributed by atoms with Crippen LogP contribution in [0, 0.1) is 11.3 Å². The molecule has 2 N–H and O–H groups in total. The molecule has 0 aromatic heterocycles. The average molecular weight is 423 g/mol.